The second-order valence-corrected chi connectivity index (χ2v) is 4.62. The highest BCUT2D eigenvalue weighted by Gasteiger charge is 2.07. The molecule has 0 amide bonds. The lowest BCUT2D eigenvalue weighted by Gasteiger charge is -1.93. The molecule has 0 N–H and O–H groups in total. The second-order valence-electron chi connectivity index (χ2n) is 3.53. The molecule has 86 valence electrons. The molecule has 0 fully saturated rings. The molecule has 1 aromatic heterocycles. The highest BCUT2D eigenvalue weighted by atomic mass is 32.1. The number of hydrogen-bond acceptors (Lipinski definition) is 4. The summed E-state index contributed by atoms with van der Waals surface area (Å²) in [6.07, 6.45) is 1.64. The number of benzene rings is 1. The van der Waals surface area contributed by atoms with Crippen molar-refractivity contribution in [2.24, 2.45) is 4.99 Å². The lowest BCUT2D eigenvalue weighted by atomic mass is 10.2. The predicted molar refractivity (Wildman–Crippen MR) is 69.4 cm³/mol. The molecule has 0 aliphatic carbocycles. The van der Waals surface area contributed by atoms with Crippen molar-refractivity contribution in [1.29, 1.82) is 0 Å². The fourth-order valence-electron chi connectivity index (χ4n) is 1.28. The molecule has 0 aliphatic heterocycles. The van der Waals surface area contributed by atoms with Gasteiger partial charge in [0.25, 0.3) is 0 Å². The maximum absolute atomic E-state index is 10.5. The Hall–Kier alpha value is -2.01. The number of thiophene rings is 1. The van der Waals surface area contributed by atoms with Crippen LogP contribution in [-0.2, 0) is 0 Å². The third-order valence-corrected chi connectivity index (χ3v) is 3.14. The number of rotatable bonds is 3. The Morgan fingerprint density at radius 2 is 1.94 bits per heavy atom. The van der Waals surface area contributed by atoms with E-state index in [1.807, 2.05) is 31.2 Å². The Balaban J connectivity index is 2.14. The summed E-state index contributed by atoms with van der Waals surface area (Å²) in [6, 6.07) is 11.0. The van der Waals surface area contributed by atoms with Crippen molar-refractivity contribution < 1.29 is 4.92 Å². The van der Waals surface area contributed by atoms with Gasteiger partial charge in [0.05, 0.1) is 15.5 Å². The van der Waals surface area contributed by atoms with Gasteiger partial charge in [0.15, 0.2) is 0 Å². The van der Waals surface area contributed by atoms with E-state index in [0.29, 0.717) is 0 Å². The van der Waals surface area contributed by atoms with Crippen LogP contribution in [0.1, 0.15) is 10.4 Å². The minimum absolute atomic E-state index is 0.135. The maximum Gasteiger partial charge on any atom is 0.324 e. The molecule has 0 bridgehead atoms. The van der Waals surface area contributed by atoms with Crippen molar-refractivity contribution in [2.45, 2.75) is 6.92 Å². The zero-order valence-electron chi connectivity index (χ0n) is 9.16. The van der Waals surface area contributed by atoms with Gasteiger partial charge in [-0.2, -0.15) is 0 Å². The minimum atomic E-state index is -0.395. The SMILES string of the molecule is Cc1ccc(N=Cc2ccc([N+](=O)[O-])s2)cc1. The van der Waals surface area contributed by atoms with Gasteiger partial charge in [0.1, 0.15) is 0 Å². The van der Waals surface area contributed by atoms with Gasteiger partial charge in [-0.3, -0.25) is 15.1 Å². The number of hydrogen-bond donors (Lipinski definition) is 0. The molecule has 5 heteroatoms. The lowest BCUT2D eigenvalue weighted by Crippen LogP contribution is -1.80. The standard InChI is InChI=1S/C12H10N2O2S/c1-9-2-4-10(5-3-9)13-8-11-6-7-12(17-11)14(15)16/h2-8H,1H3. The lowest BCUT2D eigenvalue weighted by molar-refractivity contribution is -0.380. The van der Waals surface area contributed by atoms with Crippen LogP contribution in [0.15, 0.2) is 41.4 Å². The van der Waals surface area contributed by atoms with E-state index in [-0.39, 0.29) is 5.00 Å². The quantitative estimate of drug-likeness (QED) is 0.471. The first-order chi connectivity index (χ1) is 8.15. The Morgan fingerprint density at radius 1 is 1.24 bits per heavy atom. The number of aryl methyl sites for hydroxylation is 1. The summed E-state index contributed by atoms with van der Waals surface area (Å²) in [7, 11) is 0. The van der Waals surface area contributed by atoms with Crippen molar-refractivity contribution in [2.75, 3.05) is 0 Å². The molecule has 0 radical (unpaired) electrons. The van der Waals surface area contributed by atoms with Gasteiger partial charge in [-0.1, -0.05) is 29.0 Å². The molecular weight excluding hydrogens is 236 g/mol. The Bertz CT molecular complexity index is 558. The van der Waals surface area contributed by atoms with Crippen molar-refractivity contribution in [1.82, 2.24) is 0 Å². The molecule has 2 rings (SSSR count). The van der Waals surface area contributed by atoms with Crippen LogP contribution in [0.3, 0.4) is 0 Å². The molecule has 0 atom stereocenters. The molecule has 0 saturated carbocycles. The van der Waals surface area contributed by atoms with Crippen LogP contribution in [0, 0.1) is 17.0 Å². The Labute approximate surface area is 102 Å². The van der Waals surface area contributed by atoms with Crippen molar-refractivity contribution in [3.05, 3.63) is 57.0 Å². The van der Waals surface area contributed by atoms with Gasteiger partial charge in [-0.25, -0.2) is 0 Å². The van der Waals surface area contributed by atoms with E-state index < -0.39 is 4.92 Å². The summed E-state index contributed by atoms with van der Waals surface area (Å²) in [5.41, 5.74) is 2.02. The van der Waals surface area contributed by atoms with E-state index in [1.165, 1.54) is 11.6 Å². The van der Waals surface area contributed by atoms with Crippen molar-refractivity contribution in [3.63, 3.8) is 0 Å². The first-order valence-electron chi connectivity index (χ1n) is 5.00. The third kappa shape index (κ3) is 2.98. The molecule has 2 aromatic rings. The smallest absolute Gasteiger partial charge is 0.258 e. The van der Waals surface area contributed by atoms with Gasteiger partial charge < -0.3 is 0 Å². The monoisotopic (exact) mass is 246 g/mol. The molecule has 4 nitrogen and oxygen atoms in total. The van der Waals surface area contributed by atoms with Crippen molar-refractivity contribution >= 4 is 28.2 Å². The molecule has 0 saturated heterocycles. The number of nitrogens with zero attached hydrogens (tertiary/aromatic N) is 2. The molecule has 0 spiro atoms. The highest BCUT2D eigenvalue weighted by Crippen LogP contribution is 2.23. The molecule has 17 heavy (non-hydrogen) atoms. The topological polar surface area (TPSA) is 55.5 Å². The average Bonchev–Trinajstić information content (AvgIpc) is 2.77. The van der Waals surface area contributed by atoms with E-state index in [9.17, 15) is 10.1 Å². The summed E-state index contributed by atoms with van der Waals surface area (Å²) >= 11 is 1.11. The summed E-state index contributed by atoms with van der Waals surface area (Å²) in [5, 5.41) is 10.6. The number of aliphatic imine (C=N–C) groups is 1. The van der Waals surface area contributed by atoms with E-state index in [4.69, 9.17) is 0 Å². The fraction of sp³-hybridized carbons (Fsp3) is 0.0833. The van der Waals surface area contributed by atoms with E-state index in [0.717, 1.165) is 21.9 Å². The average molecular weight is 246 g/mol. The molecule has 0 unspecified atom stereocenters. The van der Waals surface area contributed by atoms with Crippen LogP contribution in [0.2, 0.25) is 0 Å². The third-order valence-electron chi connectivity index (χ3n) is 2.17. The van der Waals surface area contributed by atoms with Crippen molar-refractivity contribution in [3.8, 4) is 0 Å². The predicted octanol–water partition coefficient (Wildman–Crippen LogP) is 3.72. The first kappa shape index (κ1) is 11.5. The zero-order chi connectivity index (χ0) is 12.3. The summed E-state index contributed by atoms with van der Waals surface area (Å²) in [5.74, 6) is 0. The van der Waals surface area contributed by atoms with E-state index in [2.05, 4.69) is 4.99 Å². The van der Waals surface area contributed by atoms with E-state index >= 15 is 0 Å². The Kier molecular flexibility index (Phi) is 3.30. The van der Waals surface area contributed by atoms with Gasteiger partial charge in [0, 0.05) is 12.3 Å². The van der Waals surface area contributed by atoms with Crippen LogP contribution in [0.5, 0.6) is 0 Å². The molecule has 0 aliphatic rings. The zero-order valence-corrected chi connectivity index (χ0v) is 9.98. The van der Waals surface area contributed by atoms with Crippen LogP contribution in [0.4, 0.5) is 10.7 Å². The largest absolute Gasteiger partial charge is 0.324 e. The maximum atomic E-state index is 10.5. The molecule has 1 heterocycles. The van der Waals surface area contributed by atoms with Gasteiger partial charge in [-0.15, -0.1) is 0 Å². The fourth-order valence-corrected chi connectivity index (χ4v) is 1.97. The second kappa shape index (κ2) is 4.88. The Morgan fingerprint density at radius 3 is 2.53 bits per heavy atom. The van der Waals surface area contributed by atoms with Gasteiger partial charge >= 0.3 is 5.00 Å². The van der Waals surface area contributed by atoms with Crippen LogP contribution in [-0.4, -0.2) is 11.1 Å². The normalized spacial score (nSPS) is 10.9. The number of nitro groups is 1. The minimum Gasteiger partial charge on any atom is -0.258 e. The van der Waals surface area contributed by atoms with Crippen LogP contribution >= 0.6 is 11.3 Å². The van der Waals surface area contributed by atoms with Crippen LogP contribution < -0.4 is 0 Å². The van der Waals surface area contributed by atoms with E-state index in [1.54, 1.807) is 12.3 Å². The van der Waals surface area contributed by atoms with Crippen LogP contribution in [0.25, 0.3) is 0 Å². The molecule has 1 aromatic carbocycles. The van der Waals surface area contributed by atoms with Gasteiger partial charge in [-0.05, 0) is 25.1 Å². The molecular formula is C12H10N2O2S. The first-order valence-corrected chi connectivity index (χ1v) is 5.82. The van der Waals surface area contributed by atoms with Gasteiger partial charge in [0.2, 0.25) is 0 Å². The summed E-state index contributed by atoms with van der Waals surface area (Å²) in [6.45, 7) is 2.01. The summed E-state index contributed by atoms with van der Waals surface area (Å²) < 4.78 is 0. The summed E-state index contributed by atoms with van der Waals surface area (Å²) in [4.78, 5) is 15.1. The highest BCUT2D eigenvalue weighted by molar-refractivity contribution is 7.16.